The van der Waals surface area contributed by atoms with Gasteiger partial charge >= 0.3 is 6.09 Å². The van der Waals surface area contributed by atoms with Crippen molar-refractivity contribution >= 4 is 17.7 Å². The molecule has 6 heteroatoms. The molecule has 27 heavy (non-hydrogen) atoms. The molecule has 0 unspecified atom stereocenters. The van der Waals surface area contributed by atoms with E-state index in [9.17, 15) is 4.79 Å². The maximum absolute atomic E-state index is 12.2. The van der Waals surface area contributed by atoms with Crippen molar-refractivity contribution < 1.29 is 14.3 Å². The standard InChI is InChI=1S/C21H31ClN2O3/c1-3-12-23(2)13-4-16-26-17-11-18-9-14-24(15-10-18)21(25)27-20-7-5-19(22)6-8-20/h3,5-8,18H,1,4,9-17H2,2H3. The van der Waals surface area contributed by atoms with E-state index in [1.807, 2.05) is 6.08 Å². The minimum Gasteiger partial charge on any atom is -0.410 e. The smallest absolute Gasteiger partial charge is 0.410 e. The molecule has 150 valence electrons. The van der Waals surface area contributed by atoms with Crippen molar-refractivity contribution in [3.05, 3.63) is 41.9 Å². The predicted molar refractivity (Wildman–Crippen MR) is 110 cm³/mol. The predicted octanol–water partition coefficient (Wildman–Crippen LogP) is 4.47. The molecule has 0 saturated carbocycles. The molecule has 0 atom stereocenters. The van der Waals surface area contributed by atoms with E-state index < -0.39 is 0 Å². The first-order chi connectivity index (χ1) is 13.1. The monoisotopic (exact) mass is 394 g/mol. The van der Waals surface area contributed by atoms with E-state index in [4.69, 9.17) is 21.1 Å². The van der Waals surface area contributed by atoms with Gasteiger partial charge in [-0.25, -0.2) is 4.79 Å². The summed E-state index contributed by atoms with van der Waals surface area (Å²) in [7, 11) is 2.09. The highest BCUT2D eigenvalue weighted by Crippen LogP contribution is 2.22. The molecule has 1 saturated heterocycles. The number of piperidine rings is 1. The molecule has 0 spiro atoms. The van der Waals surface area contributed by atoms with E-state index in [1.54, 1.807) is 29.2 Å². The Morgan fingerprint density at radius 3 is 2.67 bits per heavy atom. The SMILES string of the molecule is C=CCN(C)CCCOCCC1CCN(C(=O)Oc2ccc(Cl)cc2)CC1. The van der Waals surface area contributed by atoms with Crippen LogP contribution in [0.1, 0.15) is 25.7 Å². The first-order valence-corrected chi connectivity index (χ1v) is 10.1. The van der Waals surface area contributed by atoms with Gasteiger partial charge in [-0.05, 0) is 62.9 Å². The molecule has 0 aromatic heterocycles. The lowest BCUT2D eigenvalue weighted by Gasteiger charge is -2.31. The van der Waals surface area contributed by atoms with Crippen LogP contribution in [-0.2, 0) is 4.74 Å². The van der Waals surface area contributed by atoms with Gasteiger partial charge in [-0.15, -0.1) is 6.58 Å². The van der Waals surface area contributed by atoms with Gasteiger partial charge in [0.25, 0.3) is 0 Å². The lowest BCUT2D eigenvalue weighted by molar-refractivity contribution is 0.0932. The third-order valence-electron chi connectivity index (χ3n) is 4.83. The highest BCUT2D eigenvalue weighted by Gasteiger charge is 2.24. The van der Waals surface area contributed by atoms with Gasteiger partial charge in [0.2, 0.25) is 0 Å². The minimum absolute atomic E-state index is 0.282. The third-order valence-corrected chi connectivity index (χ3v) is 5.08. The summed E-state index contributed by atoms with van der Waals surface area (Å²) in [6.07, 6.45) is 5.73. The molecule has 1 amide bonds. The Kier molecular flexibility index (Phi) is 9.67. The largest absolute Gasteiger partial charge is 0.415 e. The van der Waals surface area contributed by atoms with E-state index in [0.29, 0.717) is 16.7 Å². The van der Waals surface area contributed by atoms with E-state index >= 15 is 0 Å². The number of halogens is 1. The second-order valence-electron chi connectivity index (χ2n) is 7.06. The van der Waals surface area contributed by atoms with Crippen LogP contribution in [0.2, 0.25) is 5.02 Å². The number of likely N-dealkylation sites (tertiary alicyclic amines) is 1. The molecule has 1 aromatic rings. The summed E-state index contributed by atoms with van der Waals surface area (Å²) in [5.74, 6) is 1.15. The van der Waals surface area contributed by atoms with Crippen molar-refractivity contribution in [1.29, 1.82) is 0 Å². The van der Waals surface area contributed by atoms with E-state index in [2.05, 4.69) is 18.5 Å². The van der Waals surface area contributed by atoms with Crippen LogP contribution in [0.25, 0.3) is 0 Å². The normalized spacial score (nSPS) is 15.1. The molecule has 0 N–H and O–H groups in total. The summed E-state index contributed by atoms with van der Waals surface area (Å²) < 4.78 is 11.2. The number of benzene rings is 1. The Morgan fingerprint density at radius 1 is 1.30 bits per heavy atom. The molecule has 2 rings (SSSR count). The first-order valence-electron chi connectivity index (χ1n) is 9.68. The maximum Gasteiger partial charge on any atom is 0.415 e. The second-order valence-corrected chi connectivity index (χ2v) is 7.49. The molecule has 1 heterocycles. The Balaban J connectivity index is 1.55. The molecular weight excluding hydrogens is 364 g/mol. The Morgan fingerprint density at radius 2 is 2.00 bits per heavy atom. The molecule has 0 bridgehead atoms. The first kappa shape index (κ1) is 21.7. The van der Waals surface area contributed by atoms with Crippen LogP contribution in [0, 0.1) is 5.92 Å². The van der Waals surface area contributed by atoms with Crippen LogP contribution in [-0.4, -0.2) is 62.3 Å². The van der Waals surface area contributed by atoms with Gasteiger partial charge in [-0.2, -0.15) is 0 Å². The highest BCUT2D eigenvalue weighted by molar-refractivity contribution is 6.30. The van der Waals surface area contributed by atoms with Crippen molar-refractivity contribution in [3.63, 3.8) is 0 Å². The quantitative estimate of drug-likeness (QED) is 0.434. The summed E-state index contributed by atoms with van der Waals surface area (Å²) in [5.41, 5.74) is 0. The van der Waals surface area contributed by atoms with Crippen LogP contribution < -0.4 is 4.74 Å². The lowest BCUT2D eigenvalue weighted by Crippen LogP contribution is -2.40. The Labute approximate surface area is 167 Å². The zero-order valence-corrected chi connectivity index (χ0v) is 17.0. The van der Waals surface area contributed by atoms with Crippen LogP contribution in [0.3, 0.4) is 0 Å². The summed E-state index contributed by atoms with van der Waals surface area (Å²) in [5, 5.41) is 0.626. The van der Waals surface area contributed by atoms with Gasteiger partial charge in [0.05, 0.1) is 0 Å². The molecular formula is C21H31ClN2O3. The fourth-order valence-corrected chi connectivity index (χ4v) is 3.30. The van der Waals surface area contributed by atoms with Gasteiger partial charge in [-0.3, -0.25) is 0 Å². The minimum atomic E-state index is -0.282. The number of likely N-dealkylation sites (N-methyl/N-ethyl adjacent to an activating group) is 1. The van der Waals surface area contributed by atoms with Gasteiger partial charge in [-0.1, -0.05) is 17.7 Å². The van der Waals surface area contributed by atoms with Crippen molar-refractivity contribution in [2.75, 3.05) is 46.4 Å². The fraction of sp³-hybridized carbons (Fsp3) is 0.571. The number of hydrogen-bond acceptors (Lipinski definition) is 4. The number of amides is 1. The Bertz CT molecular complexity index is 571. The number of carbonyl (C=O) groups is 1. The van der Waals surface area contributed by atoms with E-state index in [-0.39, 0.29) is 6.09 Å². The van der Waals surface area contributed by atoms with Gasteiger partial charge in [0, 0.05) is 44.4 Å². The zero-order valence-electron chi connectivity index (χ0n) is 16.2. The topological polar surface area (TPSA) is 42.0 Å². The van der Waals surface area contributed by atoms with Gasteiger partial charge in [0.15, 0.2) is 0 Å². The van der Waals surface area contributed by atoms with Crippen LogP contribution in [0.4, 0.5) is 4.79 Å². The number of hydrogen-bond donors (Lipinski definition) is 0. The van der Waals surface area contributed by atoms with E-state index in [0.717, 1.165) is 65.1 Å². The lowest BCUT2D eigenvalue weighted by atomic mass is 9.94. The summed E-state index contributed by atoms with van der Waals surface area (Å²) in [6.45, 7) is 8.76. The summed E-state index contributed by atoms with van der Waals surface area (Å²) in [4.78, 5) is 16.2. The molecule has 0 aliphatic carbocycles. The van der Waals surface area contributed by atoms with E-state index in [1.165, 1.54) is 0 Å². The number of carbonyl (C=O) groups excluding carboxylic acids is 1. The molecule has 0 radical (unpaired) electrons. The zero-order chi connectivity index (χ0) is 19.5. The molecule has 1 fully saturated rings. The molecule has 1 aromatic carbocycles. The van der Waals surface area contributed by atoms with Crippen molar-refractivity contribution in [2.24, 2.45) is 5.92 Å². The Hall–Kier alpha value is -1.56. The molecule has 5 nitrogen and oxygen atoms in total. The fourth-order valence-electron chi connectivity index (χ4n) is 3.17. The third kappa shape index (κ3) is 8.33. The number of rotatable bonds is 10. The van der Waals surface area contributed by atoms with Crippen molar-refractivity contribution in [1.82, 2.24) is 9.80 Å². The molecule has 1 aliphatic rings. The average molecular weight is 395 g/mol. The number of ether oxygens (including phenoxy) is 2. The summed E-state index contributed by atoms with van der Waals surface area (Å²) >= 11 is 5.84. The van der Waals surface area contributed by atoms with Gasteiger partial charge < -0.3 is 19.3 Å². The maximum atomic E-state index is 12.2. The summed E-state index contributed by atoms with van der Waals surface area (Å²) in [6, 6.07) is 6.85. The highest BCUT2D eigenvalue weighted by atomic mass is 35.5. The second kappa shape index (κ2) is 12.0. The van der Waals surface area contributed by atoms with Crippen molar-refractivity contribution in [3.8, 4) is 5.75 Å². The van der Waals surface area contributed by atoms with Crippen molar-refractivity contribution in [2.45, 2.75) is 25.7 Å². The molecule has 1 aliphatic heterocycles. The van der Waals surface area contributed by atoms with Crippen LogP contribution in [0.5, 0.6) is 5.75 Å². The van der Waals surface area contributed by atoms with Crippen LogP contribution in [0.15, 0.2) is 36.9 Å². The number of nitrogens with zero attached hydrogens (tertiary/aromatic N) is 2. The van der Waals surface area contributed by atoms with Gasteiger partial charge in [0.1, 0.15) is 5.75 Å². The average Bonchev–Trinajstić information content (AvgIpc) is 2.67. The van der Waals surface area contributed by atoms with Crippen LogP contribution >= 0.6 is 11.6 Å².